The van der Waals surface area contributed by atoms with Crippen LogP contribution < -0.4 is 20.5 Å². The van der Waals surface area contributed by atoms with Crippen molar-refractivity contribution in [2.24, 2.45) is 0 Å². The molecule has 0 aliphatic rings. The van der Waals surface area contributed by atoms with Crippen molar-refractivity contribution < 1.29 is 9.47 Å². The maximum atomic E-state index is 9.00. The Morgan fingerprint density at radius 2 is 2.10 bits per heavy atom. The highest BCUT2D eigenvalue weighted by Gasteiger charge is 2.11. The molecule has 0 saturated heterocycles. The van der Waals surface area contributed by atoms with Gasteiger partial charge < -0.3 is 20.5 Å². The number of nitrogen functional groups attached to an aromatic ring is 1. The average molecular weight is 290 g/mol. The minimum absolute atomic E-state index is 0.257. The molecule has 0 bridgehead atoms. The number of hydrogen-bond donors (Lipinski definition) is 2. The zero-order valence-electron chi connectivity index (χ0n) is 11.1. The molecule has 6 nitrogen and oxygen atoms in total. The van der Waals surface area contributed by atoms with Crippen LogP contribution in [0.2, 0.25) is 0 Å². The van der Waals surface area contributed by atoms with Crippen molar-refractivity contribution in [2.45, 2.75) is 6.54 Å². The maximum Gasteiger partial charge on any atom is 0.161 e. The number of aromatic nitrogens is 1. The molecule has 0 fully saturated rings. The van der Waals surface area contributed by atoms with Gasteiger partial charge in [0, 0.05) is 6.54 Å². The van der Waals surface area contributed by atoms with E-state index >= 15 is 0 Å². The summed E-state index contributed by atoms with van der Waals surface area (Å²) < 4.78 is 14.4. The van der Waals surface area contributed by atoms with Crippen LogP contribution in [0.25, 0.3) is 0 Å². The van der Waals surface area contributed by atoms with Crippen molar-refractivity contribution in [3.8, 4) is 17.6 Å². The number of ether oxygens (including phenoxy) is 2. The van der Waals surface area contributed by atoms with E-state index < -0.39 is 0 Å². The van der Waals surface area contributed by atoms with E-state index in [-0.39, 0.29) is 5.82 Å². The Kier molecular flexibility index (Phi) is 4.27. The number of nitrogens with zero attached hydrogens (tertiary/aromatic N) is 2. The van der Waals surface area contributed by atoms with Gasteiger partial charge in [-0.15, -0.1) is 0 Å². The number of nitrogens with two attached hydrogens (primary N) is 1. The third kappa shape index (κ3) is 2.75. The Morgan fingerprint density at radius 3 is 2.75 bits per heavy atom. The molecule has 0 radical (unpaired) electrons. The van der Waals surface area contributed by atoms with E-state index in [9.17, 15) is 0 Å². The van der Waals surface area contributed by atoms with Crippen LogP contribution in [-0.4, -0.2) is 18.6 Å². The van der Waals surface area contributed by atoms with Gasteiger partial charge in [-0.25, -0.2) is 0 Å². The standard InChI is InChI=1S/C13H14N4O2S/c1-18-10-4-3-8(5-11(10)19-2)7-16-13-9(6-14)12(15)17-20-13/h3-5,16H,7H2,1-2H3,(H2,15,17). The number of hydrogen-bond acceptors (Lipinski definition) is 7. The van der Waals surface area contributed by atoms with Crippen molar-refractivity contribution in [3.05, 3.63) is 29.3 Å². The van der Waals surface area contributed by atoms with E-state index in [4.69, 9.17) is 20.5 Å². The molecule has 2 rings (SSSR count). The van der Waals surface area contributed by atoms with Crippen molar-refractivity contribution in [1.29, 1.82) is 5.26 Å². The van der Waals surface area contributed by atoms with Crippen molar-refractivity contribution >= 4 is 22.4 Å². The second kappa shape index (κ2) is 6.12. The molecule has 0 saturated carbocycles. The summed E-state index contributed by atoms with van der Waals surface area (Å²) in [4.78, 5) is 0. The third-order valence-electron chi connectivity index (χ3n) is 2.73. The summed E-state index contributed by atoms with van der Waals surface area (Å²) >= 11 is 1.17. The Bertz CT molecular complexity index is 648. The first-order valence-electron chi connectivity index (χ1n) is 5.79. The van der Waals surface area contributed by atoms with Crippen LogP contribution in [0.4, 0.5) is 10.8 Å². The first kappa shape index (κ1) is 14.0. The van der Waals surface area contributed by atoms with Gasteiger partial charge >= 0.3 is 0 Å². The quantitative estimate of drug-likeness (QED) is 0.877. The van der Waals surface area contributed by atoms with E-state index in [1.165, 1.54) is 11.5 Å². The molecule has 2 aromatic rings. The van der Waals surface area contributed by atoms with Gasteiger partial charge in [0.2, 0.25) is 0 Å². The molecule has 20 heavy (non-hydrogen) atoms. The van der Waals surface area contributed by atoms with Gasteiger partial charge in [0.25, 0.3) is 0 Å². The predicted octanol–water partition coefficient (Wildman–Crippen LogP) is 2.23. The predicted molar refractivity (Wildman–Crippen MR) is 78.1 cm³/mol. The lowest BCUT2D eigenvalue weighted by Crippen LogP contribution is -2.00. The fourth-order valence-electron chi connectivity index (χ4n) is 1.70. The smallest absolute Gasteiger partial charge is 0.161 e. The molecular formula is C13H14N4O2S. The lowest BCUT2D eigenvalue weighted by molar-refractivity contribution is 0.354. The normalized spacial score (nSPS) is 9.85. The van der Waals surface area contributed by atoms with E-state index in [0.29, 0.717) is 28.6 Å². The van der Waals surface area contributed by atoms with E-state index in [1.807, 2.05) is 24.3 Å². The number of rotatable bonds is 5. The van der Waals surface area contributed by atoms with Gasteiger partial charge in [-0.3, -0.25) is 0 Å². The molecule has 7 heteroatoms. The summed E-state index contributed by atoms with van der Waals surface area (Å²) in [5.41, 5.74) is 6.99. The summed E-state index contributed by atoms with van der Waals surface area (Å²) in [6, 6.07) is 7.67. The van der Waals surface area contributed by atoms with Gasteiger partial charge in [-0.05, 0) is 29.2 Å². The summed E-state index contributed by atoms with van der Waals surface area (Å²) in [5, 5.41) is 12.8. The third-order valence-corrected chi connectivity index (χ3v) is 3.55. The molecule has 104 valence electrons. The SMILES string of the molecule is COc1ccc(CNc2snc(N)c2C#N)cc1OC. The highest BCUT2D eigenvalue weighted by molar-refractivity contribution is 7.10. The van der Waals surface area contributed by atoms with Crippen molar-refractivity contribution in [2.75, 3.05) is 25.3 Å². The van der Waals surface area contributed by atoms with Crippen LogP contribution in [0.15, 0.2) is 18.2 Å². The van der Waals surface area contributed by atoms with Crippen LogP contribution >= 0.6 is 11.5 Å². The number of anilines is 2. The number of methoxy groups -OCH3 is 2. The second-order valence-corrected chi connectivity index (χ2v) is 4.70. The van der Waals surface area contributed by atoms with Crippen molar-refractivity contribution in [3.63, 3.8) is 0 Å². The topological polar surface area (TPSA) is 93.2 Å². The molecule has 3 N–H and O–H groups in total. The lowest BCUT2D eigenvalue weighted by Gasteiger charge is -2.10. The van der Waals surface area contributed by atoms with Gasteiger partial charge in [-0.2, -0.15) is 9.64 Å². The monoisotopic (exact) mass is 290 g/mol. The number of nitriles is 1. The second-order valence-electron chi connectivity index (χ2n) is 3.93. The van der Waals surface area contributed by atoms with E-state index in [1.54, 1.807) is 14.2 Å². The minimum Gasteiger partial charge on any atom is -0.493 e. The molecule has 1 aromatic heterocycles. The molecule has 0 aliphatic carbocycles. The first-order valence-corrected chi connectivity index (χ1v) is 6.57. The van der Waals surface area contributed by atoms with Crippen molar-refractivity contribution in [1.82, 2.24) is 4.37 Å². The molecule has 0 unspecified atom stereocenters. The van der Waals surface area contributed by atoms with Crippen LogP contribution in [0, 0.1) is 11.3 Å². The minimum atomic E-state index is 0.257. The molecular weight excluding hydrogens is 276 g/mol. The average Bonchev–Trinajstić information content (AvgIpc) is 2.84. The maximum absolute atomic E-state index is 9.00. The molecule has 1 heterocycles. The fourth-order valence-corrected chi connectivity index (χ4v) is 2.36. The van der Waals surface area contributed by atoms with E-state index in [0.717, 1.165) is 5.56 Å². The Labute approximate surface area is 120 Å². The molecule has 1 aromatic carbocycles. The first-order chi connectivity index (χ1) is 9.69. The van der Waals surface area contributed by atoms with Gasteiger partial charge in [-0.1, -0.05) is 6.07 Å². The van der Waals surface area contributed by atoms with Crippen LogP contribution in [0.1, 0.15) is 11.1 Å². The van der Waals surface area contributed by atoms with Gasteiger partial charge in [0.15, 0.2) is 17.3 Å². The summed E-state index contributed by atoms with van der Waals surface area (Å²) in [6.07, 6.45) is 0. The van der Waals surface area contributed by atoms with Crippen LogP contribution in [-0.2, 0) is 6.54 Å². The lowest BCUT2D eigenvalue weighted by atomic mass is 10.2. The summed E-state index contributed by atoms with van der Waals surface area (Å²) in [5.74, 6) is 1.60. The molecule has 0 atom stereocenters. The van der Waals surface area contributed by atoms with E-state index in [2.05, 4.69) is 9.69 Å². The highest BCUT2D eigenvalue weighted by atomic mass is 32.1. The zero-order valence-corrected chi connectivity index (χ0v) is 12.0. The zero-order chi connectivity index (χ0) is 14.5. The molecule has 0 aliphatic heterocycles. The van der Waals surface area contributed by atoms with Gasteiger partial charge in [0.05, 0.1) is 14.2 Å². The Hall–Kier alpha value is -2.46. The van der Waals surface area contributed by atoms with Crippen LogP contribution in [0.5, 0.6) is 11.5 Å². The number of nitrogens with one attached hydrogen (secondary N) is 1. The molecule has 0 spiro atoms. The molecule has 0 amide bonds. The fraction of sp³-hybridized carbons (Fsp3) is 0.231. The van der Waals surface area contributed by atoms with Crippen LogP contribution in [0.3, 0.4) is 0 Å². The van der Waals surface area contributed by atoms with Gasteiger partial charge in [0.1, 0.15) is 16.6 Å². The summed E-state index contributed by atoms with van der Waals surface area (Å²) in [7, 11) is 3.18. The summed E-state index contributed by atoms with van der Waals surface area (Å²) in [6.45, 7) is 0.538. The number of benzene rings is 1. The Balaban J connectivity index is 2.13. The Morgan fingerprint density at radius 1 is 1.35 bits per heavy atom. The largest absolute Gasteiger partial charge is 0.493 e. The highest BCUT2D eigenvalue weighted by Crippen LogP contribution is 2.29.